The summed E-state index contributed by atoms with van der Waals surface area (Å²) in [5.41, 5.74) is 0.788. The van der Waals surface area contributed by atoms with Gasteiger partial charge in [-0.1, -0.05) is 30.7 Å². The lowest BCUT2D eigenvalue weighted by molar-refractivity contribution is -0.132. The lowest BCUT2D eigenvalue weighted by Crippen LogP contribution is -2.19. The van der Waals surface area contributed by atoms with Crippen LogP contribution in [0.3, 0.4) is 0 Å². The highest BCUT2D eigenvalue weighted by atomic mass is 35.5. The lowest BCUT2D eigenvalue weighted by Gasteiger charge is -2.22. The van der Waals surface area contributed by atoms with Gasteiger partial charge in [0.05, 0.1) is 16.3 Å². The number of hydrogen-bond acceptors (Lipinski definition) is 2. The van der Waals surface area contributed by atoms with Gasteiger partial charge in [-0.25, -0.2) is 9.18 Å². The number of halogens is 2. The fourth-order valence-electron chi connectivity index (χ4n) is 1.70. The second kappa shape index (κ2) is 7.10. The summed E-state index contributed by atoms with van der Waals surface area (Å²) in [7, 11) is 1.60. The molecular weight excluding hydrogens is 281 g/mol. The van der Waals surface area contributed by atoms with Crippen LogP contribution < -0.4 is 4.90 Å². The van der Waals surface area contributed by atoms with E-state index in [1.165, 1.54) is 17.0 Å². The first kappa shape index (κ1) is 16.2. The number of carboxylic acid groups (broad SMARTS) is 1. The zero-order valence-corrected chi connectivity index (χ0v) is 12.4. The maximum absolute atomic E-state index is 14.0. The third kappa shape index (κ3) is 3.61. The molecule has 1 aromatic rings. The van der Waals surface area contributed by atoms with Gasteiger partial charge >= 0.3 is 5.97 Å². The van der Waals surface area contributed by atoms with Crippen molar-refractivity contribution in [1.29, 1.82) is 0 Å². The second-order valence-corrected chi connectivity index (χ2v) is 4.65. The Hall–Kier alpha value is -1.81. The minimum Gasteiger partial charge on any atom is -0.478 e. The molecule has 1 aromatic carbocycles. The standard InChI is InChI=1S/C15H17ClFNO2/c1-4-5-7-11(15(19)20)10(2)18(3)13-9-6-8-12(16)14(13)17/h5-9H,4H2,1-3H3,(H,19,20)/b7-5+,11-10+. The van der Waals surface area contributed by atoms with Crippen LogP contribution >= 0.6 is 11.6 Å². The molecule has 1 N–H and O–H groups in total. The minimum atomic E-state index is -1.05. The fourth-order valence-corrected chi connectivity index (χ4v) is 1.86. The number of carbonyl (C=O) groups is 1. The van der Waals surface area contributed by atoms with E-state index >= 15 is 0 Å². The molecule has 20 heavy (non-hydrogen) atoms. The van der Waals surface area contributed by atoms with Crippen molar-refractivity contribution in [3.05, 3.63) is 52.5 Å². The molecule has 0 atom stereocenters. The van der Waals surface area contributed by atoms with Crippen LogP contribution in [0.15, 0.2) is 41.6 Å². The average molecular weight is 298 g/mol. The van der Waals surface area contributed by atoms with E-state index in [0.717, 1.165) is 6.42 Å². The van der Waals surface area contributed by atoms with Gasteiger partial charge < -0.3 is 10.0 Å². The summed E-state index contributed by atoms with van der Waals surface area (Å²) in [6.45, 7) is 3.54. The van der Waals surface area contributed by atoms with Crippen LogP contribution in [0.5, 0.6) is 0 Å². The van der Waals surface area contributed by atoms with Gasteiger partial charge in [-0.05, 0) is 31.6 Å². The topological polar surface area (TPSA) is 40.5 Å². The summed E-state index contributed by atoms with van der Waals surface area (Å²) >= 11 is 5.74. The molecule has 5 heteroatoms. The molecule has 0 radical (unpaired) electrons. The number of anilines is 1. The third-order valence-electron chi connectivity index (χ3n) is 2.94. The molecule has 0 saturated carbocycles. The number of nitrogens with zero attached hydrogens (tertiary/aromatic N) is 1. The second-order valence-electron chi connectivity index (χ2n) is 4.25. The van der Waals surface area contributed by atoms with Crippen LogP contribution in [0.25, 0.3) is 0 Å². The summed E-state index contributed by atoms with van der Waals surface area (Å²) in [6, 6.07) is 4.61. The lowest BCUT2D eigenvalue weighted by atomic mass is 10.1. The first-order valence-electron chi connectivity index (χ1n) is 6.18. The predicted octanol–water partition coefficient (Wildman–Crippen LogP) is 4.24. The molecule has 0 unspecified atom stereocenters. The zero-order chi connectivity index (χ0) is 15.3. The summed E-state index contributed by atoms with van der Waals surface area (Å²) < 4.78 is 14.0. The number of rotatable bonds is 5. The van der Waals surface area contributed by atoms with Gasteiger partial charge in [-0.2, -0.15) is 0 Å². The molecule has 0 aliphatic carbocycles. The molecule has 108 valence electrons. The Kier molecular flexibility index (Phi) is 5.77. The van der Waals surface area contributed by atoms with Crippen molar-refractivity contribution in [2.24, 2.45) is 0 Å². The molecule has 0 bridgehead atoms. The zero-order valence-electron chi connectivity index (χ0n) is 11.7. The van der Waals surface area contributed by atoms with Gasteiger partial charge in [0, 0.05) is 12.7 Å². The highest BCUT2D eigenvalue weighted by Gasteiger charge is 2.16. The van der Waals surface area contributed by atoms with Crippen molar-refractivity contribution >= 4 is 23.3 Å². The van der Waals surface area contributed by atoms with Crippen LogP contribution in [0.1, 0.15) is 20.3 Å². The molecule has 0 aromatic heterocycles. The van der Waals surface area contributed by atoms with E-state index in [1.54, 1.807) is 32.2 Å². The summed E-state index contributed by atoms with van der Waals surface area (Å²) in [6.07, 6.45) is 3.99. The van der Waals surface area contributed by atoms with Gasteiger partial charge in [0.1, 0.15) is 0 Å². The Balaban J connectivity index is 3.29. The van der Waals surface area contributed by atoms with Crippen molar-refractivity contribution < 1.29 is 14.3 Å². The van der Waals surface area contributed by atoms with Crippen molar-refractivity contribution in [2.75, 3.05) is 11.9 Å². The summed E-state index contributed by atoms with van der Waals surface area (Å²) in [4.78, 5) is 12.8. The van der Waals surface area contributed by atoms with E-state index in [4.69, 9.17) is 11.6 Å². The molecule has 1 rings (SSSR count). The number of allylic oxidation sites excluding steroid dienone is 2. The van der Waals surface area contributed by atoms with Crippen molar-refractivity contribution in [3.63, 3.8) is 0 Å². The molecule has 0 spiro atoms. The van der Waals surface area contributed by atoms with E-state index < -0.39 is 11.8 Å². The summed E-state index contributed by atoms with van der Waals surface area (Å²) in [5.74, 6) is -1.62. The molecular formula is C15H17ClFNO2. The normalized spacial score (nSPS) is 12.4. The van der Waals surface area contributed by atoms with Gasteiger partial charge in [-0.15, -0.1) is 0 Å². The Morgan fingerprint density at radius 2 is 2.15 bits per heavy atom. The monoisotopic (exact) mass is 297 g/mol. The quantitative estimate of drug-likeness (QED) is 0.653. The van der Waals surface area contributed by atoms with Crippen LogP contribution in [0, 0.1) is 5.82 Å². The Bertz CT molecular complexity index is 567. The van der Waals surface area contributed by atoms with Gasteiger partial charge in [0.2, 0.25) is 0 Å². The molecule has 0 heterocycles. The fraction of sp³-hybridized carbons (Fsp3) is 0.267. The summed E-state index contributed by atoms with van der Waals surface area (Å²) in [5, 5.41) is 9.24. The number of hydrogen-bond donors (Lipinski definition) is 1. The van der Waals surface area contributed by atoms with E-state index in [0.29, 0.717) is 5.70 Å². The molecule has 0 saturated heterocycles. The van der Waals surface area contributed by atoms with Crippen LogP contribution in [0.2, 0.25) is 5.02 Å². The maximum Gasteiger partial charge on any atom is 0.337 e. The van der Waals surface area contributed by atoms with Crippen LogP contribution in [0.4, 0.5) is 10.1 Å². The van der Waals surface area contributed by atoms with Gasteiger partial charge in [0.15, 0.2) is 5.82 Å². The molecule has 0 fully saturated rings. The van der Waals surface area contributed by atoms with Crippen molar-refractivity contribution in [1.82, 2.24) is 0 Å². The van der Waals surface area contributed by atoms with Crippen molar-refractivity contribution in [2.45, 2.75) is 20.3 Å². The molecule has 0 aliphatic heterocycles. The van der Waals surface area contributed by atoms with Crippen molar-refractivity contribution in [3.8, 4) is 0 Å². The first-order valence-corrected chi connectivity index (χ1v) is 6.56. The number of carboxylic acids is 1. The molecule has 0 amide bonds. The first-order chi connectivity index (χ1) is 9.40. The van der Waals surface area contributed by atoms with E-state index in [-0.39, 0.29) is 16.3 Å². The Morgan fingerprint density at radius 1 is 1.50 bits per heavy atom. The van der Waals surface area contributed by atoms with Gasteiger partial charge in [-0.3, -0.25) is 0 Å². The Morgan fingerprint density at radius 3 is 2.70 bits per heavy atom. The number of aliphatic carboxylic acids is 1. The maximum atomic E-state index is 14.0. The van der Waals surface area contributed by atoms with E-state index in [9.17, 15) is 14.3 Å². The average Bonchev–Trinajstić information content (AvgIpc) is 2.41. The van der Waals surface area contributed by atoms with E-state index in [1.807, 2.05) is 6.92 Å². The largest absolute Gasteiger partial charge is 0.478 e. The highest BCUT2D eigenvalue weighted by molar-refractivity contribution is 6.31. The van der Waals surface area contributed by atoms with Gasteiger partial charge in [0.25, 0.3) is 0 Å². The smallest absolute Gasteiger partial charge is 0.337 e. The van der Waals surface area contributed by atoms with Crippen LogP contribution in [-0.4, -0.2) is 18.1 Å². The highest BCUT2D eigenvalue weighted by Crippen LogP contribution is 2.28. The minimum absolute atomic E-state index is 0.00289. The Labute approximate surface area is 123 Å². The SMILES string of the molecule is CC/C=C/C(C(=O)O)=C(/C)N(C)c1cccc(Cl)c1F. The number of benzene rings is 1. The third-order valence-corrected chi connectivity index (χ3v) is 3.23. The van der Waals surface area contributed by atoms with Crippen LogP contribution in [-0.2, 0) is 4.79 Å². The predicted molar refractivity (Wildman–Crippen MR) is 79.6 cm³/mol. The molecule has 3 nitrogen and oxygen atoms in total. The van der Waals surface area contributed by atoms with E-state index in [2.05, 4.69) is 0 Å². The molecule has 0 aliphatic rings.